The van der Waals surface area contributed by atoms with Crippen LogP contribution in [0.3, 0.4) is 0 Å². The van der Waals surface area contributed by atoms with E-state index in [4.69, 9.17) is 9.47 Å². The first-order chi connectivity index (χ1) is 11.7. The molecule has 0 amide bonds. The van der Waals surface area contributed by atoms with Crippen LogP contribution in [-0.2, 0) is 29.7 Å². The highest BCUT2D eigenvalue weighted by Gasteiger charge is 2.56. The van der Waals surface area contributed by atoms with E-state index in [0.717, 1.165) is 6.26 Å². The van der Waals surface area contributed by atoms with Crippen molar-refractivity contribution in [3.05, 3.63) is 78.1 Å². The first-order valence-corrected chi connectivity index (χ1v) is 8.34. The Morgan fingerprint density at radius 3 is 2.04 bits per heavy atom. The molecule has 9 heteroatoms. The van der Waals surface area contributed by atoms with E-state index in [-0.39, 0.29) is 11.3 Å². The zero-order valence-corrected chi connectivity index (χ0v) is 13.3. The van der Waals surface area contributed by atoms with Crippen molar-refractivity contribution in [3.8, 4) is 0 Å². The van der Waals surface area contributed by atoms with Crippen molar-refractivity contribution >= 4 is 15.9 Å². The predicted molar refractivity (Wildman–Crippen MR) is 80.8 cm³/mol. The van der Waals surface area contributed by atoms with Crippen LogP contribution in [-0.4, -0.2) is 13.9 Å². The second kappa shape index (κ2) is 6.08. The molecular weight excluding hydrogens is 361 g/mol. The van der Waals surface area contributed by atoms with Gasteiger partial charge in [0, 0.05) is 5.56 Å². The number of ether oxygens (including phenoxy) is 2. The summed E-state index contributed by atoms with van der Waals surface area (Å²) < 4.78 is 76.1. The molecule has 3 rings (SSSR count). The van der Waals surface area contributed by atoms with Crippen molar-refractivity contribution in [2.75, 3.05) is 0 Å². The number of rotatable bonds is 4. The first kappa shape index (κ1) is 17.3. The Bertz CT molecular complexity index is 879. The van der Waals surface area contributed by atoms with Gasteiger partial charge >= 0.3 is 21.6 Å². The summed E-state index contributed by atoms with van der Waals surface area (Å²) in [5, 5.41) is 0. The normalized spacial score (nSPS) is 20.5. The van der Waals surface area contributed by atoms with E-state index in [1.54, 1.807) is 36.4 Å². The van der Waals surface area contributed by atoms with Gasteiger partial charge in [0.25, 0.3) is 0 Å². The SMILES string of the molecule is O=S(=O)(OC1(c2ccccc2)OC=C(c2ccccc2)O1)C(F)(F)F. The largest absolute Gasteiger partial charge is 0.523 e. The van der Waals surface area contributed by atoms with Crippen LogP contribution in [0.4, 0.5) is 13.2 Å². The monoisotopic (exact) mass is 372 g/mol. The fourth-order valence-electron chi connectivity index (χ4n) is 2.10. The lowest BCUT2D eigenvalue weighted by atomic mass is 10.2. The van der Waals surface area contributed by atoms with Gasteiger partial charge in [0.15, 0.2) is 5.76 Å². The maximum absolute atomic E-state index is 12.8. The molecular formula is C16H11F3O5S. The van der Waals surface area contributed by atoms with E-state index in [1.807, 2.05) is 0 Å². The van der Waals surface area contributed by atoms with E-state index < -0.39 is 21.6 Å². The molecule has 1 unspecified atom stereocenters. The number of halogens is 3. The molecule has 1 heterocycles. The summed E-state index contributed by atoms with van der Waals surface area (Å²) in [6.07, 6.45) is 1.01. The minimum Gasteiger partial charge on any atom is -0.429 e. The summed E-state index contributed by atoms with van der Waals surface area (Å²) >= 11 is 0. The lowest BCUT2D eigenvalue weighted by Gasteiger charge is -2.27. The van der Waals surface area contributed by atoms with E-state index >= 15 is 0 Å². The molecule has 2 aromatic carbocycles. The third kappa shape index (κ3) is 3.33. The van der Waals surface area contributed by atoms with Crippen molar-refractivity contribution in [2.45, 2.75) is 11.5 Å². The molecule has 0 aliphatic carbocycles. The van der Waals surface area contributed by atoms with Crippen molar-refractivity contribution in [2.24, 2.45) is 0 Å². The average molecular weight is 372 g/mol. The van der Waals surface area contributed by atoms with E-state index in [9.17, 15) is 21.6 Å². The molecule has 132 valence electrons. The summed E-state index contributed by atoms with van der Waals surface area (Å²) in [4.78, 5) is 0. The molecule has 0 spiro atoms. The third-order valence-electron chi connectivity index (χ3n) is 3.25. The van der Waals surface area contributed by atoms with Gasteiger partial charge in [0.1, 0.15) is 6.26 Å². The van der Waals surface area contributed by atoms with Crippen molar-refractivity contribution in [3.63, 3.8) is 0 Å². The van der Waals surface area contributed by atoms with Crippen LogP contribution in [0.5, 0.6) is 0 Å². The Balaban J connectivity index is 2.00. The molecule has 2 aromatic rings. The molecule has 0 aromatic heterocycles. The van der Waals surface area contributed by atoms with Crippen LogP contribution < -0.4 is 0 Å². The maximum atomic E-state index is 12.8. The van der Waals surface area contributed by atoms with Gasteiger partial charge in [-0.15, -0.1) is 0 Å². The third-order valence-corrected chi connectivity index (χ3v) is 4.26. The van der Waals surface area contributed by atoms with E-state index in [0.29, 0.717) is 5.56 Å². The van der Waals surface area contributed by atoms with Crippen LogP contribution in [0, 0.1) is 0 Å². The molecule has 25 heavy (non-hydrogen) atoms. The van der Waals surface area contributed by atoms with Crippen LogP contribution >= 0.6 is 0 Å². The molecule has 1 aliphatic heterocycles. The molecule has 5 nitrogen and oxygen atoms in total. The minimum absolute atomic E-state index is 0.0295. The van der Waals surface area contributed by atoms with Crippen LogP contribution in [0.15, 0.2) is 66.9 Å². The fraction of sp³-hybridized carbons (Fsp3) is 0.125. The molecule has 0 saturated heterocycles. The van der Waals surface area contributed by atoms with Crippen LogP contribution in [0.25, 0.3) is 5.76 Å². The van der Waals surface area contributed by atoms with Gasteiger partial charge in [0.05, 0.1) is 5.56 Å². The second-order valence-corrected chi connectivity index (χ2v) is 6.51. The van der Waals surface area contributed by atoms with Gasteiger partial charge in [0.2, 0.25) is 0 Å². The summed E-state index contributed by atoms with van der Waals surface area (Å²) in [7, 11) is -5.98. The Labute approximate surface area is 141 Å². The Hall–Kier alpha value is -2.52. The standard InChI is InChI=1S/C16H11F3O5S/c17-16(18,19)25(20,21)24-15(13-9-5-2-6-10-13)22-11-14(23-15)12-7-3-1-4-8-12/h1-11H. The Kier molecular flexibility index (Phi) is 4.21. The summed E-state index contributed by atoms with van der Waals surface area (Å²) in [6, 6.07) is 15.5. The summed E-state index contributed by atoms with van der Waals surface area (Å²) in [5.74, 6) is -2.57. The van der Waals surface area contributed by atoms with Gasteiger partial charge in [-0.25, -0.2) is 0 Å². The lowest BCUT2D eigenvalue weighted by molar-refractivity contribution is -0.283. The van der Waals surface area contributed by atoms with Gasteiger partial charge in [-0.3, -0.25) is 0 Å². The number of alkyl halides is 3. The summed E-state index contributed by atoms with van der Waals surface area (Å²) in [5.41, 5.74) is -5.20. The molecule has 0 N–H and O–H groups in total. The van der Waals surface area contributed by atoms with Gasteiger partial charge in [-0.05, 0) is 12.1 Å². The van der Waals surface area contributed by atoms with Crippen LogP contribution in [0.2, 0.25) is 0 Å². The molecule has 1 aliphatic rings. The smallest absolute Gasteiger partial charge is 0.429 e. The van der Waals surface area contributed by atoms with Gasteiger partial charge in [-0.2, -0.15) is 25.8 Å². The van der Waals surface area contributed by atoms with E-state index in [2.05, 4.69) is 4.18 Å². The minimum atomic E-state index is -5.98. The number of hydrogen-bond donors (Lipinski definition) is 0. The zero-order chi connectivity index (χ0) is 18.1. The first-order valence-electron chi connectivity index (χ1n) is 6.93. The maximum Gasteiger partial charge on any atom is 0.523 e. The zero-order valence-electron chi connectivity index (χ0n) is 12.4. The quantitative estimate of drug-likeness (QED) is 0.605. The van der Waals surface area contributed by atoms with Crippen molar-refractivity contribution < 1.29 is 35.2 Å². The van der Waals surface area contributed by atoms with E-state index in [1.165, 1.54) is 24.3 Å². The highest BCUT2D eigenvalue weighted by molar-refractivity contribution is 7.87. The van der Waals surface area contributed by atoms with Gasteiger partial charge in [-0.1, -0.05) is 48.5 Å². The molecule has 1 atom stereocenters. The lowest BCUT2D eigenvalue weighted by Crippen LogP contribution is -2.38. The summed E-state index contributed by atoms with van der Waals surface area (Å²) in [6.45, 7) is 0. The van der Waals surface area contributed by atoms with Crippen molar-refractivity contribution in [1.82, 2.24) is 0 Å². The molecule has 0 fully saturated rings. The number of benzene rings is 2. The topological polar surface area (TPSA) is 61.8 Å². The second-order valence-electron chi connectivity index (χ2n) is 4.97. The fourth-order valence-corrected chi connectivity index (χ4v) is 2.65. The Morgan fingerprint density at radius 1 is 0.920 bits per heavy atom. The average Bonchev–Trinajstić information content (AvgIpc) is 3.00. The molecule has 0 radical (unpaired) electrons. The van der Waals surface area contributed by atoms with Gasteiger partial charge < -0.3 is 9.47 Å². The molecule has 0 bridgehead atoms. The Morgan fingerprint density at radius 2 is 1.48 bits per heavy atom. The van der Waals surface area contributed by atoms with Crippen LogP contribution in [0.1, 0.15) is 11.1 Å². The molecule has 0 saturated carbocycles. The predicted octanol–water partition coefficient (Wildman–Crippen LogP) is 3.71. The number of hydrogen-bond acceptors (Lipinski definition) is 5. The van der Waals surface area contributed by atoms with Crippen molar-refractivity contribution in [1.29, 1.82) is 0 Å². The highest BCUT2D eigenvalue weighted by Crippen LogP contribution is 2.43. The highest BCUT2D eigenvalue weighted by atomic mass is 32.2.